The Kier molecular flexibility index (Phi) is 6.45. The highest BCUT2D eigenvalue weighted by atomic mass is 16.5. The molecule has 8 heteroatoms. The molecule has 1 fully saturated rings. The number of hydrogen-bond donors (Lipinski definition) is 1. The van der Waals surface area contributed by atoms with Crippen molar-refractivity contribution in [3.63, 3.8) is 0 Å². The van der Waals surface area contributed by atoms with Gasteiger partial charge in [0.2, 0.25) is 5.91 Å². The van der Waals surface area contributed by atoms with Crippen molar-refractivity contribution in [3.8, 4) is 11.5 Å². The first-order valence-corrected chi connectivity index (χ1v) is 8.68. The molecule has 1 unspecified atom stereocenters. The van der Waals surface area contributed by atoms with Gasteiger partial charge in [-0.3, -0.25) is 14.5 Å². The first kappa shape index (κ1) is 21.0. The molecule has 1 saturated heterocycles. The SMILES string of the molecule is C=CCN(CC=C)C(=O)CN1C(=O)NC(C)(c2ccc(OC)c(OC)c2)C1=O. The number of nitrogens with zero attached hydrogens (tertiary/aromatic N) is 2. The third kappa shape index (κ3) is 3.85. The number of hydrogen-bond acceptors (Lipinski definition) is 5. The lowest BCUT2D eigenvalue weighted by molar-refractivity contribution is -0.138. The van der Waals surface area contributed by atoms with Gasteiger partial charge in [0.15, 0.2) is 11.5 Å². The molecular formula is C20H25N3O5. The Balaban J connectivity index is 2.28. The smallest absolute Gasteiger partial charge is 0.325 e. The first-order valence-electron chi connectivity index (χ1n) is 8.68. The highest BCUT2D eigenvalue weighted by Gasteiger charge is 2.50. The summed E-state index contributed by atoms with van der Waals surface area (Å²) in [6, 6.07) is 4.33. The first-order chi connectivity index (χ1) is 13.3. The van der Waals surface area contributed by atoms with Crippen molar-refractivity contribution in [1.29, 1.82) is 0 Å². The summed E-state index contributed by atoms with van der Waals surface area (Å²) < 4.78 is 10.5. The van der Waals surface area contributed by atoms with Crippen molar-refractivity contribution in [2.45, 2.75) is 12.5 Å². The van der Waals surface area contributed by atoms with E-state index >= 15 is 0 Å². The molecule has 1 aromatic carbocycles. The number of imide groups is 1. The van der Waals surface area contributed by atoms with Crippen molar-refractivity contribution in [3.05, 3.63) is 49.1 Å². The van der Waals surface area contributed by atoms with E-state index in [1.165, 1.54) is 19.1 Å². The zero-order valence-electron chi connectivity index (χ0n) is 16.4. The minimum Gasteiger partial charge on any atom is -0.493 e. The molecule has 4 amide bonds. The Morgan fingerprint density at radius 3 is 2.32 bits per heavy atom. The van der Waals surface area contributed by atoms with E-state index in [4.69, 9.17) is 9.47 Å². The highest BCUT2D eigenvalue weighted by Crippen LogP contribution is 2.35. The molecule has 1 N–H and O–H groups in total. The maximum Gasteiger partial charge on any atom is 0.325 e. The number of rotatable bonds is 9. The largest absolute Gasteiger partial charge is 0.493 e. The molecule has 0 aliphatic carbocycles. The van der Waals surface area contributed by atoms with Gasteiger partial charge >= 0.3 is 6.03 Å². The predicted octanol–water partition coefficient (Wildman–Crippen LogP) is 1.67. The molecule has 0 saturated carbocycles. The summed E-state index contributed by atoms with van der Waals surface area (Å²) >= 11 is 0. The molecule has 150 valence electrons. The summed E-state index contributed by atoms with van der Waals surface area (Å²) in [5, 5.41) is 2.67. The molecule has 0 radical (unpaired) electrons. The summed E-state index contributed by atoms with van der Waals surface area (Å²) in [4.78, 5) is 40.4. The van der Waals surface area contributed by atoms with E-state index in [2.05, 4.69) is 18.5 Å². The molecule has 2 rings (SSSR count). The van der Waals surface area contributed by atoms with Gasteiger partial charge in [0.1, 0.15) is 12.1 Å². The summed E-state index contributed by atoms with van der Waals surface area (Å²) in [6.45, 7) is 9.03. The summed E-state index contributed by atoms with van der Waals surface area (Å²) in [7, 11) is 2.99. The van der Waals surface area contributed by atoms with Crippen LogP contribution in [0, 0.1) is 0 Å². The highest BCUT2D eigenvalue weighted by molar-refractivity contribution is 6.09. The molecule has 1 aliphatic heterocycles. The molecule has 8 nitrogen and oxygen atoms in total. The fraction of sp³-hybridized carbons (Fsp3) is 0.350. The molecule has 1 aliphatic rings. The molecular weight excluding hydrogens is 362 g/mol. The van der Waals surface area contributed by atoms with Gasteiger partial charge in [-0.1, -0.05) is 18.2 Å². The zero-order valence-corrected chi connectivity index (χ0v) is 16.4. The second-order valence-corrected chi connectivity index (χ2v) is 6.39. The molecule has 0 aromatic heterocycles. The van der Waals surface area contributed by atoms with Crippen LogP contribution in [0.4, 0.5) is 4.79 Å². The van der Waals surface area contributed by atoms with Crippen LogP contribution in [-0.4, -0.2) is 61.5 Å². The zero-order chi connectivity index (χ0) is 20.9. The van der Waals surface area contributed by atoms with E-state index in [1.54, 1.807) is 37.3 Å². The number of methoxy groups -OCH3 is 2. The van der Waals surface area contributed by atoms with Gasteiger partial charge in [0, 0.05) is 13.1 Å². The minimum absolute atomic E-state index is 0.293. The van der Waals surface area contributed by atoms with Gasteiger partial charge in [0.25, 0.3) is 5.91 Å². The van der Waals surface area contributed by atoms with E-state index in [0.29, 0.717) is 30.2 Å². The maximum atomic E-state index is 13.0. The second kappa shape index (κ2) is 8.60. The van der Waals surface area contributed by atoms with Crippen LogP contribution in [0.2, 0.25) is 0 Å². The number of carbonyl (C=O) groups excluding carboxylic acids is 3. The number of nitrogens with one attached hydrogen (secondary N) is 1. The summed E-state index contributed by atoms with van der Waals surface area (Å²) in [5.74, 6) is 0.0409. The molecule has 1 atom stereocenters. The Morgan fingerprint density at radius 1 is 1.18 bits per heavy atom. The summed E-state index contributed by atoms with van der Waals surface area (Å²) in [6.07, 6.45) is 3.14. The molecule has 0 bridgehead atoms. The lowest BCUT2D eigenvalue weighted by atomic mass is 9.91. The Labute approximate surface area is 164 Å². The van der Waals surface area contributed by atoms with E-state index < -0.39 is 17.5 Å². The number of benzene rings is 1. The van der Waals surface area contributed by atoms with Gasteiger partial charge in [-0.15, -0.1) is 13.2 Å². The summed E-state index contributed by atoms with van der Waals surface area (Å²) in [5.41, 5.74) is -0.800. The third-order valence-corrected chi connectivity index (χ3v) is 4.58. The Morgan fingerprint density at radius 2 is 1.79 bits per heavy atom. The Bertz CT molecular complexity index is 797. The van der Waals surface area contributed by atoms with Gasteiger partial charge in [-0.05, 0) is 24.6 Å². The van der Waals surface area contributed by atoms with Crippen LogP contribution in [-0.2, 0) is 15.1 Å². The van der Waals surface area contributed by atoms with E-state index in [0.717, 1.165) is 4.90 Å². The topological polar surface area (TPSA) is 88.2 Å². The average molecular weight is 387 g/mol. The minimum atomic E-state index is -1.32. The van der Waals surface area contributed by atoms with Gasteiger partial charge in [-0.25, -0.2) is 4.79 Å². The van der Waals surface area contributed by atoms with Crippen molar-refractivity contribution >= 4 is 17.8 Å². The van der Waals surface area contributed by atoms with Gasteiger partial charge in [0.05, 0.1) is 14.2 Å². The Hall–Kier alpha value is -3.29. The third-order valence-electron chi connectivity index (χ3n) is 4.58. The van der Waals surface area contributed by atoms with Crippen molar-refractivity contribution < 1.29 is 23.9 Å². The lowest BCUT2D eigenvalue weighted by Crippen LogP contribution is -2.44. The molecule has 1 heterocycles. The standard InChI is InChI=1S/C20H25N3O5/c1-6-10-22(11-7-2)17(24)13-23-18(25)20(3,21-19(23)26)14-8-9-15(27-4)16(12-14)28-5/h6-9,12H,1-2,10-11,13H2,3-5H3,(H,21,26). The van der Waals surface area contributed by atoms with Crippen LogP contribution in [0.1, 0.15) is 12.5 Å². The van der Waals surface area contributed by atoms with E-state index in [1.807, 2.05) is 0 Å². The van der Waals surface area contributed by atoms with Crippen molar-refractivity contribution in [1.82, 2.24) is 15.1 Å². The lowest BCUT2D eigenvalue weighted by Gasteiger charge is -2.24. The van der Waals surface area contributed by atoms with Crippen molar-refractivity contribution in [2.24, 2.45) is 0 Å². The van der Waals surface area contributed by atoms with Crippen LogP contribution in [0.25, 0.3) is 0 Å². The second-order valence-electron chi connectivity index (χ2n) is 6.39. The van der Waals surface area contributed by atoms with Gasteiger partial charge in [-0.2, -0.15) is 0 Å². The van der Waals surface area contributed by atoms with Gasteiger partial charge < -0.3 is 19.7 Å². The van der Waals surface area contributed by atoms with Crippen LogP contribution in [0.15, 0.2) is 43.5 Å². The molecule has 1 aromatic rings. The number of urea groups is 1. The fourth-order valence-corrected chi connectivity index (χ4v) is 3.01. The van der Waals surface area contributed by atoms with E-state index in [-0.39, 0.29) is 12.5 Å². The van der Waals surface area contributed by atoms with Crippen LogP contribution in [0.5, 0.6) is 11.5 Å². The molecule has 28 heavy (non-hydrogen) atoms. The quantitative estimate of drug-likeness (QED) is 0.514. The molecule has 0 spiro atoms. The van der Waals surface area contributed by atoms with Crippen LogP contribution in [0.3, 0.4) is 0 Å². The van der Waals surface area contributed by atoms with Crippen molar-refractivity contribution in [2.75, 3.05) is 33.9 Å². The number of amides is 4. The normalized spacial score (nSPS) is 18.5. The maximum absolute atomic E-state index is 13.0. The van der Waals surface area contributed by atoms with Crippen LogP contribution < -0.4 is 14.8 Å². The van der Waals surface area contributed by atoms with E-state index in [9.17, 15) is 14.4 Å². The number of ether oxygens (including phenoxy) is 2. The monoisotopic (exact) mass is 387 g/mol. The average Bonchev–Trinajstić information content (AvgIpc) is 2.91. The predicted molar refractivity (Wildman–Crippen MR) is 104 cm³/mol. The fourth-order valence-electron chi connectivity index (χ4n) is 3.01. The van der Waals surface area contributed by atoms with Crippen LogP contribution >= 0.6 is 0 Å². The number of carbonyl (C=O) groups is 3.